The summed E-state index contributed by atoms with van der Waals surface area (Å²) in [5.74, 6) is -0.0440. The highest BCUT2D eigenvalue weighted by Gasteiger charge is 2.19. The maximum atomic E-state index is 11.9. The first-order chi connectivity index (χ1) is 9.25. The maximum Gasteiger partial charge on any atom is 0.249 e. The van der Waals surface area contributed by atoms with Crippen LogP contribution in [0.4, 0.5) is 0 Å². The van der Waals surface area contributed by atoms with Crippen LogP contribution in [0.25, 0.3) is 0 Å². The minimum Gasteiger partial charge on any atom is -0.376 e. The molecule has 0 aromatic carbocycles. The van der Waals surface area contributed by atoms with Gasteiger partial charge in [0, 0.05) is 19.7 Å². The van der Waals surface area contributed by atoms with Gasteiger partial charge >= 0.3 is 0 Å². The molecule has 2 atom stereocenters. The molecule has 5 heteroatoms. The Morgan fingerprint density at radius 3 is 3.26 bits per heavy atom. The van der Waals surface area contributed by atoms with Gasteiger partial charge in [0.1, 0.15) is 6.10 Å². The van der Waals surface area contributed by atoms with E-state index in [2.05, 4.69) is 16.7 Å². The number of hydrogen-bond acceptors (Lipinski definition) is 4. The van der Waals surface area contributed by atoms with Crippen molar-refractivity contribution in [2.24, 2.45) is 0 Å². The highest BCUT2D eigenvalue weighted by atomic mass is 16.5. The van der Waals surface area contributed by atoms with Gasteiger partial charge in [-0.1, -0.05) is 11.6 Å². The molecule has 0 aromatic heterocycles. The monoisotopic (exact) mass is 268 g/mol. The summed E-state index contributed by atoms with van der Waals surface area (Å²) < 4.78 is 11.0. The lowest BCUT2D eigenvalue weighted by Gasteiger charge is -2.18. The van der Waals surface area contributed by atoms with Crippen LogP contribution in [-0.4, -0.2) is 51.0 Å². The second-order valence-electron chi connectivity index (χ2n) is 5.14. The fourth-order valence-electron chi connectivity index (χ4n) is 2.28. The van der Waals surface area contributed by atoms with Crippen molar-refractivity contribution < 1.29 is 14.3 Å². The lowest BCUT2D eigenvalue weighted by Crippen LogP contribution is -2.37. The van der Waals surface area contributed by atoms with E-state index in [1.165, 1.54) is 5.57 Å². The van der Waals surface area contributed by atoms with Crippen LogP contribution in [0, 0.1) is 0 Å². The molecule has 2 rings (SSSR count). The summed E-state index contributed by atoms with van der Waals surface area (Å²) in [5.41, 5.74) is 1.29. The molecule has 2 aliphatic rings. The van der Waals surface area contributed by atoms with Gasteiger partial charge in [-0.05, 0) is 32.7 Å². The SMILES string of the molecule is CC(OCC1CCCO1)C(=O)NCC1=CCNCC1. The standard InChI is InChI=1S/C14H24N2O3/c1-11(19-10-13-3-2-8-18-13)14(17)16-9-12-4-6-15-7-5-12/h4,11,13,15H,2-3,5-10H2,1H3,(H,16,17). The lowest BCUT2D eigenvalue weighted by atomic mass is 10.1. The first-order valence-corrected chi connectivity index (χ1v) is 7.15. The molecular formula is C14H24N2O3. The Hall–Kier alpha value is -0.910. The Bertz CT molecular complexity index is 325. The van der Waals surface area contributed by atoms with Crippen LogP contribution in [0.3, 0.4) is 0 Å². The summed E-state index contributed by atoms with van der Waals surface area (Å²) in [4.78, 5) is 11.9. The van der Waals surface area contributed by atoms with Gasteiger partial charge in [-0.3, -0.25) is 4.79 Å². The van der Waals surface area contributed by atoms with E-state index in [9.17, 15) is 4.79 Å². The number of ether oxygens (including phenoxy) is 2. The highest BCUT2D eigenvalue weighted by molar-refractivity contribution is 5.80. The third-order valence-corrected chi connectivity index (χ3v) is 3.57. The fourth-order valence-corrected chi connectivity index (χ4v) is 2.28. The minimum atomic E-state index is -0.411. The predicted molar refractivity (Wildman–Crippen MR) is 73.0 cm³/mol. The summed E-state index contributed by atoms with van der Waals surface area (Å²) in [6, 6.07) is 0. The second-order valence-corrected chi connectivity index (χ2v) is 5.14. The molecule has 0 bridgehead atoms. The zero-order valence-corrected chi connectivity index (χ0v) is 11.6. The van der Waals surface area contributed by atoms with Gasteiger partial charge in [0.25, 0.3) is 0 Å². The van der Waals surface area contributed by atoms with Crippen LogP contribution in [0.2, 0.25) is 0 Å². The molecule has 1 saturated heterocycles. The first-order valence-electron chi connectivity index (χ1n) is 7.15. The molecule has 2 aliphatic heterocycles. The first kappa shape index (κ1) is 14.5. The molecule has 2 N–H and O–H groups in total. The Morgan fingerprint density at radius 1 is 1.68 bits per heavy atom. The van der Waals surface area contributed by atoms with Crippen molar-refractivity contribution in [3.05, 3.63) is 11.6 Å². The molecular weight excluding hydrogens is 244 g/mol. The van der Waals surface area contributed by atoms with Gasteiger partial charge in [-0.25, -0.2) is 0 Å². The molecule has 19 heavy (non-hydrogen) atoms. The topological polar surface area (TPSA) is 59.6 Å². The van der Waals surface area contributed by atoms with Crippen LogP contribution < -0.4 is 10.6 Å². The van der Waals surface area contributed by atoms with Gasteiger partial charge < -0.3 is 20.1 Å². The summed E-state index contributed by atoms with van der Waals surface area (Å²) in [7, 11) is 0. The molecule has 5 nitrogen and oxygen atoms in total. The van der Waals surface area contributed by atoms with Gasteiger partial charge in [-0.2, -0.15) is 0 Å². The Morgan fingerprint density at radius 2 is 2.58 bits per heavy atom. The van der Waals surface area contributed by atoms with E-state index < -0.39 is 6.10 Å². The molecule has 1 amide bonds. The van der Waals surface area contributed by atoms with E-state index in [1.807, 2.05) is 0 Å². The third kappa shape index (κ3) is 4.93. The summed E-state index contributed by atoms with van der Waals surface area (Å²) in [5, 5.41) is 6.18. The molecule has 0 aliphatic carbocycles. The zero-order chi connectivity index (χ0) is 13.5. The van der Waals surface area contributed by atoms with Gasteiger partial charge in [0.15, 0.2) is 0 Å². The maximum absolute atomic E-state index is 11.9. The number of amides is 1. The molecule has 0 radical (unpaired) electrons. The second kappa shape index (κ2) is 7.62. The van der Waals surface area contributed by atoms with Crippen molar-refractivity contribution in [2.75, 3.05) is 32.8 Å². The summed E-state index contributed by atoms with van der Waals surface area (Å²) in [6.45, 7) is 5.65. The van der Waals surface area contributed by atoms with Crippen LogP contribution in [0.1, 0.15) is 26.2 Å². The molecule has 2 unspecified atom stereocenters. The Kier molecular flexibility index (Phi) is 5.82. The van der Waals surface area contributed by atoms with Crippen LogP contribution in [0.5, 0.6) is 0 Å². The molecule has 2 heterocycles. The molecule has 0 saturated carbocycles. The zero-order valence-electron chi connectivity index (χ0n) is 11.6. The number of rotatable bonds is 6. The average Bonchev–Trinajstić information content (AvgIpc) is 2.96. The summed E-state index contributed by atoms with van der Waals surface area (Å²) >= 11 is 0. The van der Waals surface area contributed by atoms with E-state index in [0.29, 0.717) is 13.2 Å². The van der Waals surface area contributed by atoms with Crippen molar-refractivity contribution in [3.8, 4) is 0 Å². The average molecular weight is 268 g/mol. The van der Waals surface area contributed by atoms with Crippen molar-refractivity contribution in [1.82, 2.24) is 10.6 Å². The van der Waals surface area contributed by atoms with E-state index >= 15 is 0 Å². The van der Waals surface area contributed by atoms with E-state index in [4.69, 9.17) is 9.47 Å². The van der Waals surface area contributed by atoms with Crippen molar-refractivity contribution in [2.45, 2.75) is 38.4 Å². The van der Waals surface area contributed by atoms with Gasteiger partial charge in [0.05, 0.1) is 12.7 Å². The van der Waals surface area contributed by atoms with E-state index in [1.54, 1.807) is 6.92 Å². The van der Waals surface area contributed by atoms with E-state index in [-0.39, 0.29) is 12.0 Å². The normalized spacial score (nSPS) is 24.9. The van der Waals surface area contributed by atoms with E-state index in [0.717, 1.165) is 39.0 Å². The van der Waals surface area contributed by atoms with Crippen LogP contribution >= 0.6 is 0 Å². The number of carbonyl (C=O) groups is 1. The molecule has 0 spiro atoms. The third-order valence-electron chi connectivity index (χ3n) is 3.57. The van der Waals surface area contributed by atoms with Gasteiger partial charge in [0.2, 0.25) is 5.91 Å². The number of nitrogens with one attached hydrogen (secondary N) is 2. The Balaban J connectivity index is 1.62. The van der Waals surface area contributed by atoms with Crippen molar-refractivity contribution in [1.29, 1.82) is 0 Å². The van der Waals surface area contributed by atoms with Crippen LogP contribution in [0.15, 0.2) is 11.6 Å². The highest BCUT2D eigenvalue weighted by Crippen LogP contribution is 2.12. The molecule has 0 aromatic rings. The van der Waals surface area contributed by atoms with Gasteiger partial charge in [-0.15, -0.1) is 0 Å². The number of carbonyl (C=O) groups excluding carboxylic acids is 1. The molecule has 108 valence electrons. The van der Waals surface area contributed by atoms with Crippen molar-refractivity contribution in [3.63, 3.8) is 0 Å². The quantitative estimate of drug-likeness (QED) is 0.693. The molecule has 1 fully saturated rings. The Labute approximate surface area is 114 Å². The summed E-state index contributed by atoms with van der Waals surface area (Å²) in [6.07, 6.45) is 5.03. The van der Waals surface area contributed by atoms with Crippen molar-refractivity contribution >= 4 is 5.91 Å². The van der Waals surface area contributed by atoms with Crippen LogP contribution in [-0.2, 0) is 14.3 Å². The largest absolute Gasteiger partial charge is 0.376 e. The smallest absolute Gasteiger partial charge is 0.249 e. The lowest BCUT2D eigenvalue weighted by molar-refractivity contribution is -0.133. The fraction of sp³-hybridized carbons (Fsp3) is 0.786. The number of hydrogen-bond donors (Lipinski definition) is 2. The predicted octanol–water partition coefficient (Wildman–Crippen LogP) is 0.606. The minimum absolute atomic E-state index is 0.0440.